The Kier molecular flexibility index (Phi) is 3.99. The average molecular weight is 139 g/mol. The Morgan fingerprint density at radius 1 is 1.50 bits per heavy atom. The van der Waals surface area contributed by atoms with Crippen molar-refractivity contribution in [2.45, 2.75) is 19.5 Å². The van der Waals surface area contributed by atoms with Crippen LogP contribution >= 0.6 is 0 Å². The number of hydrogen-bond donors (Lipinski definition) is 0. The second-order valence-electron chi connectivity index (χ2n) is 1.61. The molecule has 0 atom stereocenters. The first-order valence-electron chi connectivity index (χ1n) is 2.34. The Morgan fingerprint density at radius 3 is 2.12 bits per heavy atom. The number of hydrogen-bond acceptors (Lipinski definition) is 1. The Labute approximate surface area is 49.4 Å². The van der Waals surface area contributed by atoms with Crippen molar-refractivity contribution in [1.29, 1.82) is 0 Å². The van der Waals surface area contributed by atoms with Crippen LogP contribution in [-0.4, -0.2) is 22.1 Å². The Morgan fingerprint density at radius 2 is 2.00 bits per heavy atom. The van der Waals surface area contributed by atoms with Gasteiger partial charge in [-0.2, -0.15) is 0 Å². The predicted molar refractivity (Wildman–Crippen MR) is 29.4 cm³/mol. The van der Waals surface area contributed by atoms with Gasteiger partial charge in [-0.15, -0.1) is 0 Å². The van der Waals surface area contributed by atoms with Gasteiger partial charge in [0.25, 0.3) is 6.43 Å². The summed E-state index contributed by atoms with van der Waals surface area (Å²) in [5.41, 5.74) is 0. The van der Waals surface area contributed by atoms with Crippen LogP contribution in [0, 0.1) is 0 Å². The van der Waals surface area contributed by atoms with Gasteiger partial charge in [-0.25, -0.2) is 8.78 Å². The van der Waals surface area contributed by atoms with Crippen LogP contribution in [0.15, 0.2) is 0 Å². The molecule has 0 aromatic heterocycles. The smallest absolute Gasteiger partial charge is 0.260 e. The van der Waals surface area contributed by atoms with E-state index in [1.807, 2.05) is 13.1 Å². The minimum Gasteiger partial charge on any atom is -0.411 e. The highest BCUT2D eigenvalue weighted by atomic mass is 28.3. The lowest BCUT2D eigenvalue weighted by Gasteiger charge is -2.02. The number of rotatable bonds is 3. The van der Waals surface area contributed by atoms with E-state index in [2.05, 4.69) is 4.43 Å². The van der Waals surface area contributed by atoms with E-state index in [1.165, 1.54) is 0 Å². The summed E-state index contributed by atoms with van der Waals surface area (Å²) in [6.07, 6.45) is -2.31. The van der Waals surface area contributed by atoms with E-state index < -0.39 is 22.1 Å². The van der Waals surface area contributed by atoms with Crippen molar-refractivity contribution in [2.24, 2.45) is 0 Å². The molecular formula is C4H9F2OSi. The largest absolute Gasteiger partial charge is 0.411 e. The molecule has 0 aliphatic heterocycles. The van der Waals surface area contributed by atoms with E-state index in [4.69, 9.17) is 0 Å². The predicted octanol–water partition coefficient (Wildman–Crippen LogP) is 1.52. The standard InChI is InChI=1S/C4H9F2OSi/c1-8(2)7-3-4(5)6/h4H,3H2,1-2H3. The first-order chi connectivity index (χ1) is 3.63. The molecule has 0 bridgehead atoms. The minimum absolute atomic E-state index is 0.401. The van der Waals surface area contributed by atoms with Gasteiger partial charge in [0, 0.05) is 0 Å². The molecule has 0 amide bonds. The third-order valence-corrected chi connectivity index (χ3v) is 1.24. The van der Waals surface area contributed by atoms with Crippen LogP contribution in [0.5, 0.6) is 0 Å². The van der Waals surface area contributed by atoms with Gasteiger partial charge >= 0.3 is 0 Å². The van der Waals surface area contributed by atoms with E-state index in [-0.39, 0.29) is 0 Å². The van der Waals surface area contributed by atoms with E-state index in [1.54, 1.807) is 0 Å². The van der Waals surface area contributed by atoms with Gasteiger partial charge in [0.15, 0.2) is 0 Å². The molecule has 0 aliphatic carbocycles. The van der Waals surface area contributed by atoms with E-state index in [9.17, 15) is 8.78 Å². The van der Waals surface area contributed by atoms with E-state index in [0.29, 0.717) is 0 Å². The molecule has 1 nitrogen and oxygen atoms in total. The summed E-state index contributed by atoms with van der Waals surface area (Å²) in [4.78, 5) is 0. The van der Waals surface area contributed by atoms with Crippen molar-refractivity contribution < 1.29 is 13.2 Å². The Balaban J connectivity index is 2.93. The lowest BCUT2D eigenvalue weighted by atomic mass is 10.8. The van der Waals surface area contributed by atoms with Crippen molar-refractivity contribution >= 4 is 9.04 Å². The van der Waals surface area contributed by atoms with Gasteiger partial charge in [-0.1, -0.05) is 0 Å². The summed E-state index contributed by atoms with van der Waals surface area (Å²) in [6.45, 7) is 3.25. The van der Waals surface area contributed by atoms with E-state index >= 15 is 0 Å². The second-order valence-corrected chi connectivity index (χ2v) is 3.72. The van der Waals surface area contributed by atoms with Crippen LogP contribution < -0.4 is 0 Å². The van der Waals surface area contributed by atoms with Crippen LogP contribution in [0.3, 0.4) is 0 Å². The summed E-state index contributed by atoms with van der Waals surface area (Å²) in [7, 11) is -0.910. The Hall–Kier alpha value is 0.0369. The molecule has 0 unspecified atom stereocenters. The molecule has 0 spiro atoms. The highest BCUT2D eigenvalue weighted by Crippen LogP contribution is 1.93. The molecule has 0 saturated carbocycles. The molecule has 0 aromatic carbocycles. The van der Waals surface area contributed by atoms with Crippen LogP contribution in [0.2, 0.25) is 13.1 Å². The zero-order chi connectivity index (χ0) is 6.57. The van der Waals surface area contributed by atoms with Crippen LogP contribution in [0.1, 0.15) is 0 Å². The Bertz CT molecular complexity index is 50.0. The lowest BCUT2D eigenvalue weighted by molar-refractivity contribution is 0.0817. The van der Waals surface area contributed by atoms with Gasteiger partial charge in [0.05, 0.1) is 6.61 Å². The molecule has 0 aliphatic rings. The van der Waals surface area contributed by atoms with Gasteiger partial charge in [0.2, 0.25) is 9.04 Å². The third kappa shape index (κ3) is 6.04. The molecule has 0 fully saturated rings. The van der Waals surface area contributed by atoms with Crippen molar-refractivity contribution in [3.8, 4) is 0 Å². The van der Waals surface area contributed by atoms with Gasteiger partial charge in [-0.3, -0.25) is 0 Å². The van der Waals surface area contributed by atoms with Crippen molar-refractivity contribution in [3.05, 3.63) is 0 Å². The monoisotopic (exact) mass is 139 g/mol. The highest BCUT2D eigenvalue weighted by Gasteiger charge is 2.03. The lowest BCUT2D eigenvalue weighted by Crippen LogP contribution is -2.13. The normalized spacial score (nSPS) is 11.2. The van der Waals surface area contributed by atoms with Crippen molar-refractivity contribution in [2.75, 3.05) is 6.61 Å². The van der Waals surface area contributed by atoms with E-state index in [0.717, 1.165) is 0 Å². The molecule has 49 valence electrons. The molecule has 0 saturated heterocycles. The van der Waals surface area contributed by atoms with Gasteiger partial charge in [0.1, 0.15) is 0 Å². The van der Waals surface area contributed by atoms with Crippen LogP contribution in [0.4, 0.5) is 8.78 Å². The zero-order valence-electron chi connectivity index (χ0n) is 4.95. The molecule has 0 heterocycles. The van der Waals surface area contributed by atoms with Crippen LogP contribution in [0.25, 0.3) is 0 Å². The first-order valence-corrected chi connectivity index (χ1v) is 4.75. The fourth-order valence-corrected chi connectivity index (χ4v) is 0.689. The summed E-state index contributed by atoms with van der Waals surface area (Å²) < 4.78 is 27.2. The van der Waals surface area contributed by atoms with Crippen LogP contribution in [-0.2, 0) is 4.43 Å². The topological polar surface area (TPSA) is 9.23 Å². The fraction of sp³-hybridized carbons (Fsp3) is 1.00. The number of halogens is 2. The maximum Gasteiger partial charge on any atom is 0.260 e. The number of alkyl halides is 2. The molecule has 0 N–H and O–H groups in total. The van der Waals surface area contributed by atoms with Crippen molar-refractivity contribution in [1.82, 2.24) is 0 Å². The molecule has 0 rings (SSSR count). The summed E-state index contributed by atoms with van der Waals surface area (Å²) in [6, 6.07) is 0. The summed E-state index contributed by atoms with van der Waals surface area (Å²) in [5, 5.41) is 0. The maximum atomic E-state index is 11.3. The second kappa shape index (κ2) is 3.97. The minimum atomic E-state index is -2.31. The third-order valence-electron chi connectivity index (χ3n) is 0.498. The highest BCUT2D eigenvalue weighted by molar-refractivity contribution is 6.48. The van der Waals surface area contributed by atoms with Gasteiger partial charge < -0.3 is 4.43 Å². The quantitative estimate of drug-likeness (QED) is 0.539. The summed E-state index contributed by atoms with van der Waals surface area (Å²) >= 11 is 0. The average Bonchev–Trinajstić information content (AvgIpc) is 1.61. The van der Waals surface area contributed by atoms with Gasteiger partial charge in [-0.05, 0) is 13.1 Å². The first kappa shape index (κ1) is 8.04. The maximum absolute atomic E-state index is 11.3. The fourth-order valence-electron chi connectivity index (χ4n) is 0.230. The molecular weight excluding hydrogens is 130 g/mol. The molecule has 4 heteroatoms. The molecule has 0 aromatic rings. The SMILES string of the molecule is C[Si](C)OCC(F)F. The van der Waals surface area contributed by atoms with Crippen molar-refractivity contribution in [3.63, 3.8) is 0 Å². The molecule has 1 radical (unpaired) electrons. The summed E-state index contributed by atoms with van der Waals surface area (Å²) in [5.74, 6) is 0. The zero-order valence-corrected chi connectivity index (χ0v) is 5.95. The molecule has 8 heavy (non-hydrogen) atoms.